The molecule has 0 bridgehead atoms. The zero-order valence-corrected chi connectivity index (χ0v) is 9.09. The van der Waals surface area contributed by atoms with Gasteiger partial charge in [0.25, 0.3) is 0 Å². The topological polar surface area (TPSA) is 63.3 Å². The average Bonchev–Trinajstić information content (AvgIpc) is 2.57. The third-order valence-corrected chi connectivity index (χ3v) is 3.11. The molecule has 0 heterocycles. The monoisotopic (exact) mass is 227 g/mol. The van der Waals surface area contributed by atoms with Crippen LogP contribution >= 0.6 is 12.4 Å². The van der Waals surface area contributed by atoms with Crippen LogP contribution in [-0.4, -0.2) is 17.6 Å². The van der Waals surface area contributed by atoms with Gasteiger partial charge in [0.2, 0.25) is 0 Å². The van der Waals surface area contributed by atoms with Crippen LogP contribution in [0.15, 0.2) is 24.3 Å². The number of fused-ring (bicyclic) bond motifs is 1. The third kappa shape index (κ3) is 1.62. The van der Waals surface area contributed by atoms with Gasteiger partial charge in [-0.3, -0.25) is 4.79 Å². The number of carboxylic acid groups (broad SMARTS) is 1. The molecule has 3 nitrogen and oxygen atoms in total. The zero-order chi connectivity index (χ0) is 10.2. The van der Waals surface area contributed by atoms with Crippen LogP contribution in [0.5, 0.6) is 0 Å². The number of hydrogen-bond acceptors (Lipinski definition) is 2. The number of carboxylic acids is 1. The van der Waals surface area contributed by atoms with Crippen LogP contribution in [0.1, 0.15) is 17.5 Å². The number of hydrogen-bond donors (Lipinski definition) is 2. The summed E-state index contributed by atoms with van der Waals surface area (Å²) >= 11 is 0. The second-order valence-corrected chi connectivity index (χ2v) is 3.75. The minimum Gasteiger partial charge on any atom is -0.481 e. The molecule has 1 aliphatic rings. The van der Waals surface area contributed by atoms with Crippen molar-refractivity contribution < 1.29 is 9.90 Å². The van der Waals surface area contributed by atoms with Crippen molar-refractivity contribution in [3.63, 3.8) is 0 Å². The van der Waals surface area contributed by atoms with Gasteiger partial charge in [0.15, 0.2) is 0 Å². The molecule has 1 aliphatic carbocycles. The molecule has 0 saturated heterocycles. The molecule has 15 heavy (non-hydrogen) atoms. The Morgan fingerprint density at radius 3 is 2.73 bits per heavy atom. The molecule has 2 rings (SSSR count). The van der Waals surface area contributed by atoms with E-state index in [0.717, 1.165) is 17.5 Å². The van der Waals surface area contributed by atoms with Crippen molar-refractivity contribution in [1.29, 1.82) is 0 Å². The molecule has 0 amide bonds. The second-order valence-electron chi connectivity index (χ2n) is 3.75. The molecule has 0 saturated carbocycles. The van der Waals surface area contributed by atoms with Gasteiger partial charge < -0.3 is 10.8 Å². The maximum atomic E-state index is 11.2. The summed E-state index contributed by atoms with van der Waals surface area (Å²) in [7, 11) is 0. The Balaban J connectivity index is 0.00000112. The van der Waals surface area contributed by atoms with Crippen molar-refractivity contribution >= 4 is 18.4 Å². The summed E-state index contributed by atoms with van der Waals surface area (Å²) in [6.45, 7) is 0.180. The predicted octanol–water partition coefficient (Wildman–Crippen LogP) is 1.34. The van der Waals surface area contributed by atoms with E-state index in [1.54, 1.807) is 0 Å². The highest BCUT2D eigenvalue weighted by Gasteiger charge is 2.44. The Morgan fingerprint density at radius 2 is 2.13 bits per heavy atom. The zero-order valence-electron chi connectivity index (χ0n) is 8.27. The number of rotatable bonds is 2. The fourth-order valence-electron chi connectivity index (χ4n) is 2.21. The molecule has 1 aromatic carbocycles. The average molecular weight is 228 g/mol. The first-order valence-corrected chi connectivity index (χ1v) is 4.72. The summed E-state index contributed by atoms with van der Waals surface area (Å²) in [5.41, 5.74) is 6.79. The number of halogens is 1. The van der Waals surface area contributed by atoms with E-state index in [2.05, 4.69) is 0 Å². The first kappa shape index (κ1) is 12.0. The first-order valence-electron chi connectivity index (χ1n) is 4.72. The Hall–Kier alpha value is -1.06. The van der Waals surface area contributed by atoms with Gasteiger partial charge in [0.05, 0.1) is 0 Å². The van der Waals surface area contributed by atoms with Gasteiger partial charge in [-0.1, -0.05) is 24.3 Å². The van der Waals surface area contributed by atoms with Crippen molar-refractivity contribution in [1.82, 2.24) is 0 Å². The summed E-state index contributed by atoms with van der Waals surface area (Å²) in [6.07, 6.45) is 1.44. The molecule has 0 aromatic heterocycles. The highest BCUT2D eigenvalue weighted by atomic mass is 35.5. The van der Waals surface area contributed by atoms with Crippen LogP contribution in [0.3, 0.4) is 0 Å². The molecular weight excluding hydrogens is 214 g/mol. The molecule has 4 heteroatoms. The molecule has 1 aromatic rings. The summed E-state index contributed by atoms with van der Waals surface area (Å²) in [6, 6.07) is 7.67. The lowest BCUT2D eigenvalue weighted by Crippen LogP contribution is -2.40. The van der Waals surface area contributed by atoms with Crippen LogP contribution in [0.25, 0.3) is 0 Å². The van der Waals surface area contributed by atoms with Crippen molar-refractivity contribution in [2.75, 3.05) is 6.54 Å². The number of aliphatic carboxylic acids is 1. The summed E-state index contributed by atoms with van der Waals surface area (Å²) in [5, 5.41) is 9.23. The van der Waals surface area contributed by atoms with E-state index in [4.69, 9.17) is 5.73 Å². The lowest BCUT2D eigenvalue weighted by Gasteiger charge is -2.23. The van der Waals surface area contributed by atoms with Crippen LogP contribution in [0.4, 0.5) is 0 Å². The number of nitrogens with two attached hydrogens (primary N) is 1. The lowest BCUT2D eigenvalue weighted by molar-refractivity contribution is -0.143. The van der Waals surface area contributed by atoms with Gasteiger partial charge in [-0.15, -0.1) is 12.4 Å². The third-order valence-electron chi connectivity index (χ3n) is 3.11. The van der Waals surface area contributed by atoms with E-state index in [0.29, 0.717) is 6.42 Å². The van der Waals surface area contributed by atoms with Gasteiger partial charge in [0.1, 0.15) is 5.41 Å². The van der Waals surface area contributed by atoms with Gasteiger partial charge in [-0.05, 0) is 24.0 Å². The summed E-state index contributed by atoms with van der Waals surface area (Å²) < 4.78 is 0. The predicted molar refractivity (Wildman–Crippen MR) is 60.4 cm³/mol. The van der Waals surface area contributed by atoms with Crippen molar-refractivity contribution in [2.45, 2.75) is 18.3 Å². The van der Waals surface area contributed by atoms with Crippen molar-refractivity contribution in [3.05, 3.63) is 35.4 Å². The van der Waals surface area contributed by atoms with Crippen LogP contribution < -0.4 is 5.73 Å². The lowest BCUT2D eigenvalue weighted by atomic mass is 9.82. The van der Waals surface area contributed by atoms with E-state index in [1.807, 2.05) is 24.3 Å². The van der Waals surface area contributed by atoms with E-state index >= 15 is 0 Å². The van der Waals surface area contributed by atoms with Crippen LogP contribution in [-0.2, 0) is 16.6 Å². The first-order chi connectivity index (χ1) is 6.70. The molecule has 1 unspecified atom stereocenters. The van der Waals surface area contributed by atoms with Gasteiger partial charge in [0, 0.05) is 6.54 Å². The Kier molecular flexibility index (Phi) is 3.37. The van der Waals surface area contributed by atoms with Crippen LogP contribution in [0.2, 0.25) is 0 Å². The normalized spacial score (nSPS) is 23.0. The van der Waals surface area contributed by atoms with Gasteiger partial charge >= 0.3 is 5.97 Å². The maximum absolute atomic E-state index is 11.2. The number of benzene rings is 1. The maximum Gasteiger partial charge on any atom is 0.315 e. The molecule has 0 spiro atoms. The molecular formula is C11H14ClNO2. The molecule has 0 radical (unpaired) electrons. The van der Waals surface area contributed by atoms with Gasteiger partial charge in [-0.2, -0.15) is 0 Å². The molecule has 0 aliphatic heterocycles. The van der Waals surface area contributed by atoms with E-state index < -0.39 is 11.4 Å². The molecule has 82 valence electrons. The standard InChI is InChI=1S/C11H13NO2.ClH/c12-7-11(10(13)14)6-5-8-3-1-2-4-9(8)11;/h1-4H,5-7,12H2,(H,13,14);1H. The van der Waals surface area contributed by atoms with E-state index in [1.165, 1.54) is 0 Å². The minimum absolute atomic E-state index is 0. The highest BCUT2D eigenvalue weighted by Crippen LogP contribution is 2.38. The second kappa shape index (κ2) is 4.21. The Morgan fingerprint density at radius 1 is 1.47 bits per heavy atom. The fraction of sp³-hybridized carbons (Fsp3) is 0.364. The molecule has 0 fully saturated rings. The summed E-state index contributed by atoms with van der Waals surface area (Å²) in [5.74, 6) is -0.801. The smallest absolute Gasteiger partial charge is 0.315 e. The van der Waals surface area contributed by atoms with Crippen molar-refractivity contribution in [2.24, 2.45) is 5.73 Å². The highest BCUT2D eigenvalue weighted by molar-refractivity contribution is 5.85. The fourth-order valence-corrected chi connectivity index (χ4v) is 2.21. The molecule has 3 N–H and O–H groups in total. The van der Waals surface area contributed by atoms with E-state index in [9.17, 15) is 9.90 Å². The largest absolute Gasteiger partial charge is 0.481 e. The number of carbonyl (C=O) groups is 1. The SMILES string of the molecule is Cl.NCC1(C(=O)O)CCc2ccccc21. The Labute approximate surface area is 94.7 Å². The minimum atomic E-state index is -0.837. The van der Waals surface area contributed by atoms with Crippen LogP contribution in [0, 0.1) is 0 Å². The summed E-state index contributed by atoms with van der Waals surface area (Å²) in [4.78, 5) is 11.2. The Bertz CT molecular complexity index is 381. The van der Waals surface area contributed by atoms with Crippen molar-refractivity contribution in [3.8, 4) is 0 Å². The van der Waals surface area contributed by atoms with E-state index in [-0.39, 0.29) is 19.0 Å². The molecule has 1 atom stereocenters. The quantitative estimate of drug-likeness (QED) is 0.802. The van der Waals surface area contributed by atoms with Gasteiger partial charge in [-0.25, -0.2) is 0 Å². The number of aryl methyl sites for hydroxylation is 1.